The van der Waals surface area contributed by atoms with Crippen LogP contribution in [0.4, 0.5) is 0 Å². The second kappa shape index (κ2) is 8.67. The van der Waals surface area contributed by atoms with E-state index in [-0.39, 0.29) is 0 Å². The number of likely N-dealkylation sites (tertiary alicyclic amines) is 1. The van der Waals surface area contributed by atoms with Crippen LogP contribution in [0.25, 0.3) is 0 Å². The Morgan fingerprint density at radius 1 is 1.17 bits per heavy atom. The first-order valence-corrected chi connectivity index (χ1v) is 8.11. The first kappa shape index (κ1) is 17.5. The first-order chi connectivity index (χ1) is 11.1. The molecule has 23 heavy (non-hydrogen) atoms. The lowest BCUT2D eigenvalue weighted by Crippen LogP contribution is -2.35. The maximum absolute atomic E-state index is 11.8. The molecule has 5 nitrogen and oxygen atoms in total. The van der Waals surface area contributed by atoms with E-state index in [1.54, 1.807) is 0 Å². The van der Waals surface area contributed by atoms with Crippen molar-refractivity contribution in [2.75, 3.05) is 26.8 Å². The molecule has 0 aromatic heterocycles. The zero-order chi connectivity index (χ0) is 16.7. The van der Waals surface area contributed by atoms with Gasteiger partial charge in [-0.15, -0.1) is 0 Å². The monoisotopic (exact) mass is 319 g/mol. The highest BCUT2D eigenvalue weighted by molar-refractivity contribution is 5.94. The van der Waals surface area contributed by atoms with Gasteiger partial charge in [-0.05, 0) is 44.3 Å². The SMILES string of the molecule is COC(=O)C(C)C(=O)OCC1CCN(Cc2ccccc2)CC1. The molecule has 1 aliphatic heterocycles. The number of nitrogens with zero attached hydrogens (tertiary/aromatic N) is 1. The Hall–Kier alpha value is -1.88. The first-order valence-electron chi connectivity index (χ1n) is 8.11. The fourth-order valence-electron chi connectivity index (χ4n) is 2.75. The van der Waals surface area contributed by atoms with E-state index >= 15 is 0 Å². The van der Waals surface area contributed by atoms with Crippen molar-refractivity contribution in [3.8, 4) is 0 Å². The van der Waals surface area contributed by atoms with Gasteiger partial charge in [0, 0.05) is 6.54 Å². The largest absolute Gasteiger partial charge is 0.468 e. The molecule has 1 heterocycles. The summed E-state index contributed by atoms with van der Waals surface area (Å²) in [6.07, 6.45) is 2.01. The number of rotatable bonds is 6. The van der Waals surface area contributed by atoms with Gasteiger partial charge < -0.3 is 9.47 Å². The normalized spacial score (nSPS) is 17.5. The van der Waals surface area contributed by atoms with Crippen LogP contribution in [0.2, 0.25) is 0 Å². The summed E-state index contributed by atoms with van der Waals surface area (Å²) in [5.74, 6) is -1.52. The van der Waals surface area contributed by atoms with Crippen molar-refractivity contribution < 1.29 is 19.1 Å². The summed E-state index contributed by atoms with van der Waals surface area (Å²) < 4.78 is 9.81. The van der Waals surface area contributed by atoms with Gasteiger partial charge in [-0.1, -0.05) is 30.3 Å². The summed E-state index contributed by atoms with van der Waals surface area (Å²) in [7, 11) is 1.27. The maximum atomic E-state index is 11.8. The van der Waals surface area contributed by atoms with Crippen LogP contribution in [0.3, 0.4) is 0 Å². The Kier molecular flexibility index (Phi) is 6.59. The van der Waals surface area contributed by atoms with E-state index in [0.29, 0.717) is 12.5 Å². The van der Waals surface area contributed by atoms with Gasteiger partial charge in [-0.25, -0.2) is 0 Å². The molecule has 0 aliphatic carbocycles. The van der Waals surface area contributed by atoms with Crippen LogP contribution in [0.5, 0.6) is 0 Å². The van der Waals surface area contributed by atoms with Crippen LogP contribution in [0.15, 0.2) is 30.3 Å². The Morgan fingerprint density at radius 2 is 1.83 bits per heavy atom. The average molecular weight is 319 g/mol. The topological polar surface area (TPSA) is 55.8 Å². The number of methoxy groups -OCH3 is 1. The number of hydrogen-bond acceptors (Lipinski definition) is 5. The summed E-state index contributed by atoms with van der Waals surface area (Å²) >= 11 is 0. The molecule has 0 bridgehead atoms. The molecule has 5 heteroatoms. The van der Waals surface area contributed by atoms with Crippen LogP contribution in [0.1, 0.15) is 25.3 Å². The number of piperidine rings is 1. The van der Waals surface area contributed by atoms with E-state index in [1.165, 1.54) is 19.6 Å². The van der Waals surface area contributed by atoms with Crippen LogP contribution >= 0.6 is 0 Å². The number of esters is 2. The molecule has 1 saturated heterocycles. The number of benzene rings is 1. The standard InChI is InChI=1S/C18H25NO4/c1-14(17(20)22-2)18(21)23-13-16-8-10-19(11-9-16)12-15-6-4-3-5-7-15/h3-7,14,16H,8-13H2,1-2H3. The lowest BCUT2D eigenvalue weighted by atomic mass is 9.97. The fourth-order valence-corrected chi connectivity index (χ4v) is 2.75. The summed E-state index contributed by atoms with van der Waals surface area (Å²) in [6, 6.07) is 10.4. The molecule has 0 N–H and O–H groups in total. The Bertz CT molecular complexity index is 509. The van der Waals surface area contributed by atoms with Gasteiger partial charge in [0.2, 0.25) is 0 Å². The van der Waals surface area contributed by atoms with Gasteiger partial charge in [0.15, 0.2) is 5.92 Å². The highest BCUT2D eigenvalue weighted by Gasteiger charge is 2.26. The molecule has 2 rings (SSSR count). The van der Waals surface area contributed by atoms with E-state index in [4.69, 9.17) is 4.74 Å². The molecule has 1 atom stereocenters. The van der Waals surface area contributed by atoms with E-state index in [9.17, 15) is 9.59 Å². The third-order valence-electron chi connectivity index (χ3n) is 4.33. The number of carbonyl (C=O) groups is 2. The second-order valence-corrected chi connectivity index (χ2v) is 6.08. The molecule has 1 aromatic carbocycles. The van der Waals surface area contributed by atoms with Crippen molar-refractivity contribution in [3.63, 3.8) is 0 Å². The van der Waals surface area contributed by atoms with E-state index in [0.717, 1.165) is 32.5 Å². The van der Waals surface area contributed by atoms with E-state index < -0.39 is 17.9 Å². The van der Waals surface area contributed by atoms with Gasteiger partial charge in [0.05, 0.1) is 13.7 Å². The lowest BCUT2D eigenvalue weighted by Gasteiger charge is -2.31. The number of ether oxygens (including phenoxy) is 2. The zero-order valence-electron chi connectivity index (χ0n) is 13.9. The van der Waals surface area contributed by atoms with Gasteiger partial charge in [-0.3, -0.25) is 14.5 Å². The van der Waals surface area contributed by atoms with E-state index in [2.05, 4.69) is 33.9 Å². The molecule has 1 aromatic rings. The van der Waals surface area contributed by atoms with Crippen molar-refractivity contribution in [2.24, 2.45) is 11.8 Å². The molecule has 0 radical (unpaired) electrons. The quantitative estimate of drug-likeness (QED) is 0.594. The molecule has 0 amide bonds. The highest BCUT2D eigenvalue weighted by atomic mass is 16.5. The Balaban J connectivity index is 1.69. The molecule has 126 valence electrons. The van der Waals surface area contributed by atoms with Crippen molar-refractivity contribution in [3.05, 3.63) is 35.9 Å². The smallest absolute Gasteiger partial charge is 0.320 e. The minimum absolute atomic E-state index is 0.371. The predicted octanol–water partition coefficient (Wildman–Crippen LogP) is 2.25. The molecule has 0 spiro atoms. The molecule has 1 fully saturated rings. The average Bonchev–Trinajstić information content (AvgIpc) is 2.60. The molecular weight excluding hydrogens is 294 g/mol. The minimum Gasteiger partial charge on any atom is -0.468 e. The summed E-state index contributed by atoms with van der Waals surface area (Å²) in [4.78, 5) is 25.5. The maximum Gasteiger partial charge on any atom is 0.320 e. The van der Waals surface area contributed by atoms with Gasteiger partial charge in [-0.2, -0.15) is 0 Å². The predicted molar refractivity (Wildman–Crippen MR) is 86.6 cm³/mol. The molecule has 1 aliphatic rings. The summed E-state index contributed by atoms with van der Waals surface area (Å²) in [5, 5.41) is 0. The number of carbonyl (C=O) groups excluding carboxylic acids is 2. The highest BCUT2D eigenvalue weighted by Crippen LogP contribution is 2.19. The van der Waals surface area contributed by atoms with Gasteiger partial charge in [0.1, 0.15) is 0 Å². The van der Waals surface area contributed by atoms with Crippen LogP contribution in [-0.4, -0.2) is 43.6 Å². The summed E-state index contributed by atoms with van der Waals surface area (Å²) in [5.41, 5.74) is 1.32. The van der Waals surface area contributed by atoms with Crippen LogP contribution in [-0.2, 0) is 25.6 Å². The van der Waals surface area contributed by atoms with Crippen LogP contribution < -0.4 is 0 Å². The van der Waals surface area contributed by atoms with Gasteiger partial charge >= 0.3 is 11.9 Å². The second-order valence-electron chi connectivity index (χ2n) is 6.08. The zero-order valence-corrected chi connectivity index (χ0v) is 13.9. The van der Waals surface area contributed by atoms with Crippen molar-refractivity contribution >= 4 is 11.9 Å². The van der Waals surface area contributed by atoms with Gasteiger partial charge in [0.25, 0.3) is 0 Å². The molecule has 1 unspecified atom stereocenters. The Labute approximate surface area is 137 Å². The van der Waals surface area contributed by atoms with Crippen LogP contribution in [0, 0.1) is 11.8 Å². The number of hydrogen-bond donors (Lipinski definition) is 0. The van der Waals surface area contributed by atoms with Crippen molar-refractivity contribution in [1.29, 1.82) is 0 Å². The minimum atomic E-state index is -0.849. The van der Waals surface area contributed by atoms with E-state index in [1.807, 2.05) is 6.07 Å². The molecule has 0 saturated carbocycles. The third-order valence-corrected chi connectivity index (χ3v) is 4.33. The Morgan fingerprint density at radius 3 is 2.43 bits per heavy atom. The van der Waals surface area contributed by atoms with Crippen molar-refractivity contribution in [1.82, 2.24) is 4.90 Å². The lowest BCUT2D eigenvalue weighted by molar-refractivity contribution is -0.160. The van der Waals surface area contributed by atoms with Crippen molar-refractivity contribution in [2.45, 2.75) is 26.3 Å². The third kappa shape index (κ3) is 5.36. The summed E-state index contributed by atoms with van der Waals surface area (Å²) in [6.45, 7) is 4.87. The fraction of sp³-hybridized carbons (Fsp3) is 0.556. The molecular formula is C18H25NO4.